The Bertz CT molecular complexity index is 598. The molecule has 1 aliphatic heterocycles. The maximum atomic E-state index is 5.80. The van der Waals surface area contributed by atoms with Crippen molar-refractivity contribution in [2.75, 3.05) is 17.2 Å². The molecule has 0 radical (unpaired) electrons. The van der Waals surface area contributed by atoms with Crippen molar-refractivity contribution in [3.05, 3.63) is 40.8 Å². The van der Waals surface area contributed by atoms with Gasteiger partial charge in [0.1, 0.15) is 5.82 Å². The molecule has 2 heterocycles. The predicted octanol–water partition coefficient (Wildman–Crippen LogP) is 3.15. The highest BCUT2D eigenvalue weighted by Gasteiger charge is 2.10. The smallest absolute Gasteiger partial charge is 0.224 e. The third-order valence-corrected chi connectivity index (χ3v) is 3.21. The zero-order chi connectivity index (χ0) is 12.5. The molecule has 3 rings (SSSR count). The lowest BCUT2D eigenvalue weighted by Crippen LogP contribution is -1.98. The summed E-state index contributed by atoms with van der Waals surface area (Å²) in [6, 6.07) is 6.29. The highest BCUT2D eigenvalue weighted by molar-refractivity contribution is 6.28. The van der Waals surface area contributed by atoms with Gasteiger partial charge in [-0.3, -0.25) is 0 Å². The number of benzene rings is 1. The monoisotopic (exact) mass is 260 g/mol. The SMILES string of the molecule is Cc1cnc(Cl)nc1Nc1ccc2c(c1)NCC2. The maximum absolute atomic E-state index is 5.80. The fraction of sp³-hybridized carbons (Fsp3) is 0.231. The van der Waals surface area contributed by atoms with Crippen LogP contribution in [0.1, 0.15) is 11.1 Å². The summed E-state index contributed by atoms with van der Waals surface area (Å²) in [5.74, 6) is 0.743. The van der Waals surface area contributed by atoms with Gasteiger partial charge in [-0.2, -0.15) is 0 Å². The topological polar surface area (TPSA) is 49.8 Å². The number of fused-ring (bicyclic) bond motifs is 1. The molecule has 0 saturated carbocycles. The van der Waals surface area contributed by atoms with Gasteiger partial charge >= 0.3 is 0 Å². The van der Waals surface area contributed by atoms with Crippen molar-refractivity contribution in [3.63, 3.8) is 0 Å². The Hall–Kier alpha value is -1.81. The zero-order valence-electron chi connectivity index (χ0n) is 10.00. The molecule has 92 valence electrons. The summed E-state index contributed by atoms with van der Waals surface area (Å²) in [6.45, 7) is 2.96. The molecule has 0 saturated heterocycles. The predicted molar refractivity (Wildman–Crippen MR) is 73.7 cm³/mol. The first-order chi connectivity index (χ1) is 8.72. The highest BCUT2D eigenvalue weighted by atomic mass is 35.5. The number of aryl methyl sites for hydroxylation is 1. The lowest BCUT2D eigenvalue weighted by molar-refractivity contribution is 1.11. The van der Waals surface area contributed by atoms with Crippen LogP contribution < -0.4 is 10.6 Å². The number of aromatic nitrogens is 2. The first kappa shape index (κ1) is 11.3. The van der Waals surface area contributed by atoms with E-state index in [1.165, 1.54) is 11.3 Å². The molecule has 4 nitrogen and oxygen atoms in total. The van der Waals surface area contributed by atoms with E-state index in [2.05, 4.69) is 38.8 Å². The lowest BCUT2D eigenvalue weighted by Gasteiger charge is -2.09. The summed E-state index contributed by atoms with van der Waals surface area (Å²) < 4.78 is 0. The van der Waals surface area contributed by atoms with Crippen LogP contribution in [0.2, 0.25) is 5.28 Å². The molecule has 0 atom stereocenters. The van der Waals surface area contributed by atoms with Gasteiger partial charge < -0.3 is 10.6 Å². The van der Waals surface area contributed by atoms with Gasteiger partial charge in [-0.1, -0.05) is 6.07 Å². The van der Waals surface area contributed by atoms with E-state index in [0.29, 0.717) is 0 Å². The second kappa shape index (κ2) is 4.46. The van der Waals surface area contributed by atoms with E-state index in [-0.39, 0.29) is 5.28 Å². The molecule has 0 fully saturated rings. The first-order valence-electron chi connectivity index (χ1n) is 5.85. The van der Waals surface area contributed by atoms with Gasteiger partial charge in [0.05, 0.1) is 0 Å². The summed E-state index contributed by atoms with van der Waals surface area (Å²) in [5, 5.41) is 6.87. The number of nitrogens with zero attached hydrogens (tertiary/aromatic N) is 2. The molecule has 0 amide bonds. The largest absolute Gasteiger partial charge is 0.384 e. The van der Waals surface area contributed by atoms with Crippen molar-refractivity contribution in [1.29, 1.82) is 0 Å². The van der Waals surface area contributed by atoms with Crippen LogP contribution in [0.25, 0.3) is 0 Å². The standard InChI is InChI=1S/C13H13ClN4/c1-8-7-16-13(14)18-12(8)17-10-3-2-9-4-5-15-11(9)6-10/h2-3,6-7,15H,4-5H2,1H3,(H,16,17,18). The third kappa shape index (κ3) is 2.11. The van der Waals surface area contributed by atoms with Crippen LogP contribution in [0.15, 0.2) is 24.4 Å². The fourth-order valence-electron chi connectivity index (χ4n) is 2.05. The summed E-state index contributed by atoms with van der Waals surface area (Å²) in [5.41, 5.74) is 4.52. The highest BCUT2D eigenvalue weighted by Crippen LogP contribution is 2.27. The van der Waals surface area contributed by atoms with Crippen molar-refractivity contribution in [1.82, 2.24) is 9.97 Å². The Morgan fingerprint density at radius 2 is 2.28 bits per heavy atom. The number of halogens is 1. The quantitative estimate of drug-likeness (QED) is 0.815. The van der Waals surface area contributed by atoms with Crippen LogP contribution >= 0.6 is 11.6 Å². The summed E-state index contributed by atoms with van der Waals surface area (Å²) in [6.07, 6.45) is 2.80. The summed E-state index contributed by atoms with van der Waals surface area (Å²) >= 11 is 5.80. The van der Waals surface area contributed by atoms with E-state index < -0.39 is 0 Å². The normalized spacial score (nSPS) is 13.0. The van der Waals surface area contributed by atoms with Crippen LogP contribution in [0.5, 0.6) is 0 Å². The van der Waals surface area contributed by atoms with Crippen molar-refractivity contribution in [2.24, 2.45) is 0 Å². The molecule has 1 aromatic carbocycles. The Morgan fingerprint density at radius 3 is 3.17 bits per heavy atom. The van der Waals surface area contributed by atoms with E-state index in [1.807, 2.05) is 6.92 Å². The molecule has 0 spiro atoms. The van der Waals surface area contributed by atoms with Crippen LogP contribution in [0.4, 0.5) is 17.2 Å². The van der Waals surface area contributed by atoms with Gasteiger partial charge in [0, 0.05) is 29.7 Å². The minimum absolute atomic E-state index is 0.252. The van der Waals surface area contributed by atoms with E-state index in [1.54, 1.807) is 6.20 Å². The second-order valence-electron chi connectivity index (χ2n) is 4.34. The van der Waals surface area contributed by atoms with Crippen molar-refractivity contribution in [2.45, 2.75) is 13.3 Å². The van der Waals surface area contributed by atoms with Crippen molar-refractivity contribution < 1.29 is 0 Å². The molecule has 2 aromatic rings. The van der Waals surface area contributed by atoms with E-state index in [9.17, 15) is 0 Å². The van der Waals surface area contributed by atoms with Gasteiger partial charge in [0.15, 0.2) is 0 Å². The Balaban J connectivity index is 1.90. The van der Waals surface area contributed by atoms with E-state index in [0.717, 1.165) is 30.0 Å². The van der Waals surface area contributed by atoms with Crippen LogP contribution in [0.3, 0.4) is 0 Å². The van der Waals surface area contributed by atoms with Crippen LogP contribution in [-0.2, 0) is 6.42 Å². The summed E-state index contributed by atoms with van der Waals surface area (Å²) in [4.78, 5) is 8.13. The van der Waals surface area contributed by atoms with Gasteiger partial charge in [-0.15, -0.1) is 0 Å². The second-order valence-corrected chi connectivity index (χ2v) is 4.68. The minimum atomic E-state index is 0.252. The van der Waals surface area contributed by atoms with Crippen molar-refractivity contribution >= 4 is 28.8 Å². The molecule has 5 heteroatoms. The number of nitrogens with one attached hydrogen (secondary N) is 2. The van der Waals surface area contributed by atoms with Gasteiger partial charge in [0.2, 0.25) is 5.28 Å². The zero-order valence-corrected chi connectivity index (χ0v) is 10.8. The van der Waals surface area contributed by atoms with E-state index >= 15 is 0 Å². The molecule has 2 N–H and O–H groups in total. The number of rotatable bonds is 2. The molecular formula is C13H13ClN4. The number of anilines is 3. The average molecular weight is 261 g/mol. The molecule has 1 aliphatic rings. The molecule has 18 heavy (non-hydrogen) atoms. The molecule has 0 bridgehead atoms. The third-order valence-electron chi connectivity index (χ3n) is 3.02. The minimum Gasteiger partial charge on any atom is -0.384 e. The Labute approximate surface area is 110 Å². The van der Waals surface area contributed by atoms with Gasteiger partial charge in [-0.05, 0) is 42.6 Å². The van der Waals surface area contributed by atoms with E-state index in [4.69, 9.17) is 11.6 Å². The lowest BCUT2D eigenvalue weighted by atomic mass is 10.1. The molecule has 0 unspecified atom stereocenters. The van der Waals surface area contributed by atoms with Gasteiger partial charge in [-0.25, -0.2) is 9.97 Å². The fourth-order valence-corrected chi connectivity index (χ4v) is 2.19. The molecule has 0 aliphatic carbocycles. The van der Waals surface area contributed by atoms with Crippen LogP contribution in [-0.4, -0.2) is 16.5 Å². The Kier molecular flexibility index (Phi) is 2.80. The maximum Gasteiger partial charge on any atom is 0.224 e. The van der Waals surface area contributed by atoms with Gasteiger partial charge in [0.25, 0.3) is 0 Å². The van der Waals surface area contributed by atoms with Crippen molar-refractivity contribution in [3.8, 4) is 0 Å². The Morgan fingerprint density at radius 1 is 1.39 bits per heavy atom. The first-order valence-corrected chi connectivity index (χ1v) is 6.23. The average Bonchev–Trinajstić information content (AvgIpc) is 2.81. The molecular weight excluding hydrogens is 248 g/mol. The van der Waals surface area contributed by atoms with Crippen LogP contribution in [0, 0.1) is 6.92 Å². The molecule has 1 aromatic heterocycles. The summed E-state index contributed by atoms with van der Waals surface area (Å²) in [7, 11) is 0. The number of hydrogen-bond acceptors (Lipinski definition) is 4. The number of hydrogen-bond donors (Lipinski definition) is 2.